The van der Waals surface area contributed by atoms with E-state index in [-0.39, 0.29) is 80.5 Å². The van der Waals surface area contributed by atoms with Crippen LogP contribution in [0.1, 0.15) is 90.9 Å². The maximum absolute atomic E-state index is 14.9. The maximum atomic E-state index is 14.9. The normalized spacial score (nSPS) is 26.9. The summed E-state index contributed by atoms with van der Waals surface area (Å²) in [6, 6.07) is 0. The monoisotopic (exact) mass is 686 g/mol. The molecule has 1 aliphatic carbocycles. The average Bonchev–Trinajstić information content (AvgIpc) is 3.03. The zero-order valence-corrected chi connectivity index (χ0v) is 25.2. The molecule has 0 aromatic carbocycles. The summed E-state index contributed by atoms with van der Waals surface area (Å²) in [5.41, 5.74) is 0.0224. The van der Waals surface area contributed by atoms with E-state index in [1.807, 2.05) is 6.92 Å². The van der Waals surface area contributed by atoms with Gasteiger partial charge in [0.05, 0.1) is 13.5 Å². The minimum absolute atomic E-state index is 0. The van der Waals surface area contributed by atoms with Gasteiger partial charge in [0.25, 0.3) is 5.92 Å². The van der Waals surface area contributed by atoms with Crippen molar-refractivity contribution in [2.24, 2.45) is 11.8 Å². The summed E-state index contributed by atoms with van der Waals surface area (Å²) in [6.45, 7) is 4.04. The Labute approximate surface area is 230 Å². The van der Waals surface area contributed by atoms with Crippen LogP contribution >= 0.6 is 21.5 Å². The molecular formula is C21H42AcBF2O3PS. The molecule has 1 radical (unpaired) electrons. The molecule has 9 heteroatoms. The zero-order valence-electron chi connectivity index (χ0n) is 21.7. The Morgan fingerprint density at radius 2 is 2.00 bits per heavy atom. The fourth-order valence-electron chi connectivity index (χ4n) is 4.44. The van der Waals surface area contributed by atoms with Crippen LogP contribution in [0.15, 0.2) is 0 Å². The van der Waals surface area contributed by atoms with Gasteiger partial charge in [-0.15, -0.1) is 0 Å². The van der Waals surface area contributed by atoms with Crippen LogP contribution in [-0.2, 0) is 8.71 Å². The van der Waals surface area contributed by atoms with Gasteiger partial charge in [-0.05, 0) is 57.9 Å². The molecule has 0 aliphatic heterocycles. The van der Waals surface area contributed by atoms with Crippen LogP contribution in [0.2, 0.25) is 0 Å². The van der Waals surface area contributed by atoms with Crippen LogP contribution < -0.4 is 0 Å². The van der Waals surface area contributed by atoms with Crippen molar-refractivity contribution in [2.45, 2.75) is 115 Å². The van der Waals surface area contributed by atoms with E-state index < -0.39 is 35.3 Å². The molecule has 1 N–H and O–H groups in total. The second-order valence-corrected chi connectivity index (χ2v) is 9.30. The van der Waals surface area contributed by atoms with Gasteiger partial charge in [-0.25, -0.2) is 8.78 Å². The van der Waals surface area contributed by atoms with Crippen LogP contribution in [-0.4, -0.2) is 46.7 Å². The number of aliphatic hydroxyl groups is 1. The molecule has 0 aromatic rings. The van der Waals surface area contributed by atoms with E-state index in [1.54, 1.807) is 0 Å². The van der Waals surface area contributed by atoms with E-state index >= 15 is 0 Å². The second kappa shape index (κ2) is 18.4. The van der Waals surface area contributed by atoms with Crippen molar-refractivity contribution in [3.63, 3.8) is 0 Å². The van der Waals surface area contributed by atoms with Gasteiger partial charge in [0.15, 0.2) is 0 Å². The van der Waals surface area contributed by atoms with E-state index in [0.29, 0.717) is 25.7 Å². The third-order valence-electron chi connectivity index (χ3n) is 6.14. The molecule has 175 valence electrons. The molecule has 0 amide bonds. The summed E-state index contributed by atoms with van der Waals surface area (Å²) in [7, 11) is -1.56. The molecule has 1 fully saturated rings. The van der Waals surface area contributed by atoms with Gasteiger partial charge in [-0.1, -0.05) is 52.4 Å². The molecule has 0 saturated heterocycles. The Morgan fingerprint density at radius 3 is 2.67 bits per heavy atom. The van der Waals surface area contributed by atoms with Crippen molar-refractivity contribution < 1.29 is 66.7 Å². The topological polar surface area (TPSA) is 38.7 Å². The number of hydrogen-bond donors (Lipinski definition) is 1. The van der Waals surface area contributed by atoms with Crippen LogP contribution in [0.3, 0.4) is 0 Å². The predicted octanol–water partition coefficient (Wildman–Crippen LogP) is 5.75. The molecule has 1 aliphatic rings. The number of unbranched alkanes of at least 4 members (excludes halogenated alkanes) is 5. The Balaban J connectivity index is 0.0000102. The van der Waals surface area contributed by atoms with Crippen molar-refractivity contribution in [3.8, 4) is 0 Å². The molecule has 1 saturated carbocycles. The van der Waals surface area contributed by atoms with E-state index in [0.717, 1.165) is 31.3 Å². The molecule has 30 heavy (non-hydrogen) atoms. The summed E-state index contributed by atoms with van der Waals surface area (Å²) < 4.78 is 62.8. The maximum Gasteiger partial charge on any atom is 0.275 e. The summed E-state index contributed by atoms with van der Waals surface area (Å²) >= 11 is 0.782. The number of halogens is 2. The van der Waals surface area contributed by atoms with Gasteiger partial charge >= 0.3 is 0 Å². The van der Waals surface area contributed by atoms with E-state index in [4.69, 9.17) is 12.7 Å². The van der Waals surface area contributed by atoms with E-state index in [9.17, 15) is 13.9 Å². The van der Waals surface area contributed by atoms with Gasteiger partial charge in [0, 0.05) is 66.3 Å². The number of aliphatic hydroxyl groups excluding tert-OH is 1. The Hall–Kier alpha value is 2.03. The quantitative estimate of drug-likeness (QED) is 0.0814. The van der Waals surface area contributed by atoms with Crippen LogP contribution in [0.25, 0.3) is 0 Å². The fraction of sp³-hybridized carbons (Fsp3) is 1.00. The fourth-order valence-corrected chi connectivity index (χ4v) is 5.19. The summed E-state index contributed by atoms with van der Waals surface area (Å²) in [6.07, 6.45) is 6.29. The van der Waals surface area contributed by atoms with Crippen LogP contribution in [0, 0.1) is 55.9 Å². The molecule has 0 aromatic heterocycles. The third-order valence-corrected chi connectivity index (χ3v) is 6.94. The molecule has 0 spiro atoms. The van der Waals surface area contributed by atoms with Crippen LogP contribution in [0.4, 0.5) is 8.78 Å². The smallest absolute Gasteiger partial charge is 0.275 e. The number of rotatable bonds is 19. The largest absolute Gasteiger partial charge is 0.393 e. The Bertz CT molecular complexity index is 496. The van der Waals surface area contributed by atoms with Crippen molar-refractivity contribution in [3.05, 3.63) is 0 Å². The van der Waals surface area contributed by atoms with Crippen molar-refractivity contribution in [1.82, 2.24) is 0 Å². The summed E-state index contributed by atoms with van der Waals surface area (Å²) in [5, 5.41) is 10.6. The van der Waals surface area contributed by atoms with Gasteiger partial charge in [0.1, 0.15) is 13.9 Å². The first-order chi connectivity index (χ1) is 15.3. The predicted molar refractivity (Wildman–Crippen MR) is 125 cm³/mol. The Morgan fingerprint density at radius 1 is 1.27 bits per heavy atom. The van der Waals surface area contributed by atoms with Crippen molar-refractivity contribution in [1.29, 1.82) is 3.95 Å². The average molecular weight is 686 g/mol. The second-order valence-electron chi connectivity index (χ2n) is 8.30. The minimum Gasteiger partial charge on any atom is -0.393 e. The first-order valence-corrected chi connectivity index (χ1v) is 12.6. The van der Waals surface area contributed by atoms with Gasteiger partial charge in [-0.3, -0.25) is 0 Å². The Kier molecular flexibility index (Phi) is 16.3. The summed E-state index contributed by atoms with van der Waals surface area (Å²) in [4.78, 5) is 0. The van der Waals surface area contributed by atoms with Crippen molar-refractivity contribution >= 4 is 29.2 Å². The van der Waals surface area contributed by atoms with Crippen LogP contribution in [0.5, 0.6) is 0 Å². The van der Waals surface area contributed by atoms with E-state index in [1.165, 1.54) is 19.3 Å². The minimum atomic E-state index is -2.98. The van der Waals surface area contributed by atoms with Gasteiger partial charge in [0.2, 0.25) is 0 Å². The molecule has 2 unspecified atom stereocenters. The standard InChI is InChI=1S/C21H42BF2O3PS.Ac/c1-3-5-7-8-9-10-16-17(19(26-28)14-18(16)25)11-12-20(27-29-15-22)21(23,24)13-6-4-2;/h16-20,25H,3-15,22,28H2,1-2H3;/t16-,17-,18+,19-,20?;/m1./s1/i22TD,28T;/t16-,17-,18+,19-,20?,28?;. The first-order valence-electron chi connectivity index (χ1n) is 12.9. The van der Waals surface area contributed by atoms with Gasteiger partial charge in [-0.2, -0.15) is 0 Å². The molecule has 0 bridgehead atoms. The summed E-state index contributed by atoms with van der Waals surface area (Å²) in [5.74, 6) is -3.04. The molecule has 6 atom stereocenters. The number of alkyl halides is 2. The molecule has 3 nitrogen and oxygen atoms in total. The van der Waals surface area contributed by atoms with Crippen molar-refractivity contribution in [2.75, 3.05) is 5.65 Å². The first kappa shape index (κ1) is 26.6. The third kappa shape index (κ3) is 11.4. The van der Waals surface area contributed by atoms with E-state index in [2.05, 4.69) is 6.92 Å². The molecular weight excluding hydrogens is 639 g/mol. The molecule has 1 rings (SSSR count). The molecule has 0 heterocycles. The number of hydrogen-bond acceptors (Lipinski definition) is 4. The SMILES string of the molecule is [2H]B([3H])CSOC(CC[C@@H]1[C@@H](CCCCCCC)[C@@H](O)C[C@H]1OP[3H])C(F)(F)CCCC.[Ac]. The van der Waals surface area contributed by atoms with Gasteiger partial charge < -0.3 is 13.8 Å². The zero-order chi connectivity index (χ0) is 24.0.